The molecule has 0 aliphatic carbocycles. The van der Waals surface area contributed by atoms with Crippen molar-refractivity contribution < 1.29 is 9.32 Å². The number of hydrogen-bond acceptors (Lipinski definition) is 3. The zero-order chi connectivity index (χ0) is 11.7. The third-order valence-electron chi connectivity index (χ3n) is 2.21. The summed E-state index contributed by atoms with van der Waals surface area (Å²) in [4.78, 5) is 23.2. The van der Waals surface area contributed by atoms with Crippen LogP contribution in [0.3, 0.4) is 0 Å². The van der Waals surface area contributed by atoms with Gasteiger partial charge >= 0.3 is 5.63 Å². The Labute approximate surface area is 95.8 Å². The van der Waals surface area contributed by atoms with Crippen molar-refractivity contribution in [2.45, 2.75) is 6.92 Å². The Hall–Kier alpha value is -1.81. The van der Waals surface area contributed by atoms with Crippen LogP contribution < -0.4 is 5.63 Å². The summed E-state index contributed by atoms with van der Waals surface area (Å²) < 4.78 is 4.53. The van der Waals surface area contributed by atoms with Gasteiger partial charge in [0, 0.05) is 10.6 Å². The molecule has 0 radical (unpaired) electrons. The molecule has 1 aromatic carbocycles. The van der Waals surface area contributed by atoms with Crippen molar-refractivity contribution in [3.05, 3.63) is 56.5 Å². The fraction of sp³-hybridized carbons (Fsp3) is 0.0909. The van der Waals surface area contributed by atoms with Gasteiger partial charge in [-0.15, -0.1) is 0 Å². The Morgan fingerprint density at radius 2 is 1.94 bits per heavy atom. The highest BCUT2D eigenvalue weighted by atomic mass is 35.5. The minimum atomic E-state index is -0.655. The van der Waals surface area contributed by atoms with Crippen LogP contribution >= 0.6 is 11.6 Å². The number of benzene rings is 1. The normalized spacial score (nSPS) is 10.4. The van der Waals surface area contributed by atoms with Crippen LogP contribution in [-0.2, 0) is 0 Å². The number of aromatic amines is 1. The van der Waals surface area contributed by atoms with Gasteiger partial charge in [-0.05, 0) is 31.2 Å². The highest BCUT2D eigenvalue weighted by molar-refractivity contribution is 6.30. The van der Waals surface area contributed by atoms with Crippen LogP contribution in [0.2, 0.25) is 5.02 Å². The average molecular weight is 238 g/mol. The Bertz CT molecular complexity index is 580. The molecule has 0 aliphatic rings. The maximum atomic E-state index is 11.9. The van der Waals surface area contributed by atoms with Gasteiger partial charge in [0.1, 0.15) is 5.56 Å². The molecule has 0 bridgehead atoms. The Kier molecular flexibility index (Phi) is 2.66. The van der Waals surface area contributed by atoms with Gasteiger partial charge in [-0.25, -0.2) is 9.95 Å². The molecule has 1 heterocycles. The molecule has 0 unspecified atom stereocenters. The standard InChI is InChI=1S/C11H8ClNO3/c1-6-9(11(15)16-13-6)10(14)7-2-4-8(12)5-3-7/h2-5,13H,1H3. The molecular formula is C11H8ClNO3. The molecule has 0 saturated heterocycles. The quantitative estimate of drug-likeness (QED) is 0.814. The molecule has 82 valence electrons. The molecule has 0 fully saturated rings. The number of halogens is 1. The van der Waals surface area contributed by atoms with Crippen molar-refractivity contribution in [2.75, 3.05) is 0 Å². The van der Waals surface area contributed by atoms with E-state index in [2.05, 4.69) is 9.68 Å². The van der Waals surface area contributed by atoms with Gasteiger partial charge < -0.3 is 4.52 Å². The van der Waals surface area contributed by atoms with Crippen molar-refractivity contribution in [3.63, 3.8) is 0 Å². The van der Waals surface area contributed by atoms with E-state index in [1.807, 2.05) is 0 Å². The second-order valence-corrected chi connectivity index (χ2v) is 3.76. The van der Waals surface area contributed by atoms with Crippen LogP contribution in [0.5, 0.6) is 0 Å². The lowest BCUT2D eigenvalue weighted by Crippen LogP contribution is -2.12. The highest BCUT2D eigenvalue weighted by Gasteiger charge is 2.18. The number of rotatable bonds is 2. The van der Waals surface area contributed by atoms with Gasteiger partial charge in [0.2, 0.25) is 5.78 Å². The number of ketones is 1. The zero-order valence-electron chi connectivity index (χ0n) is 8.41. The minimum Gasteiger partial charge on any atom is -0.338 e. The van der Waals surface area contributed by atoms with Gasteiger partial charge in [-0.2, -0.15) is 0 Å². The maximum absolute atomic E-state index is 11.9. The molecule has 0 aliphatic heterocycles. The fourth-order valence-electron chi connectivity index (χ4n) is 1.39. The summed E-state index contributed by atoms with van der Waals surface area (Å²) in [6, 6.07) is 6.32. The van der Waals surface area contributed by atoms with E-state index >= 15 is 0 Å². The molecule has 1 N–H and O–H groups in total. The molecule has 16 heavy (non-hydrogen) atoms. The summed E-state index contributed by atoms with van der Waals surface area (Å²) >= 11 is 5.71. The van der Waals surface area contributed by atoms with Crippen LogP contribution in [0.4, 0.5) is 0 Å². The van der Waals surface area contributed by atoms with Crippen LogP contribution in [-0.4, -0.2) is 10.9 Å². The second kappa shape index (κ2) is 3.98. The maximum Gasteiger partial charge on any atom is 0.368 e. The lowest BCUT2D eigenvalue weighted by atomic mass is 10.0. The van der Waals surface area contributed by atoms with Crippen molar-refractivity contribution >= 4 is 17.4 Å². The first kappa shape index (κ1) is 10.7. The van der Waals surface area contributed by atoms with E-state index in [-0.39, 0.29) is 11.3 Å². The lowest BCUT2D eigenvalue weighted by molar-refractivity contribution is 0.103. The second-order valence-electron chi connectivity index (χ2n) is 3.33. The molecule has 1 aromatic heterocycles. The Morgan fingerprint density at radius 1 is 1.31 bits per heavy atom. The molecule has 5 heteroatoms. The third kappa shape index (κ3) is 1.79. The topological polar surface area (TPSA) is 63.1 Å². The SMILES string of the molecule is Cc1[nH]oc(=O)c1C(=O)c1ccc(Cl)cc1. The predicted molar refractivity (Wildman–Crippen MR) is 59.0 cm³/mol. The summed E-state index contributed by atoms with van der Waals surface area (Å²) in [6.07, 6.45) is 0. The van der Waals surface area contributed by atoms with E-state index in [9.17, 15) is 9.59 Å². The molecule has 0 amide bonds. The molecule has 0 spiro atoms. The van der Waals surface area contributed by atoms with Gasteiger partial charge in [0.05, 0.1) is 5.69 Å². The summed E-state index contributed by atoms with van der Waals surface area (Å²) in [7, 11) is 0. The smallest absolute Gasteiger partial charge is 0.338 e. The van der Waals surface area contributed by atoms with E-state index in [4.69, 9.17) is 11.6 Å². The predicted octanol–water partition coefficient (Wildman–Crippen LogP) is 2.16. The Morgan fingerprint density at radius 3 is 2.44 bits per heavy atom. The fourth-order valence-corrected chi connectivity index (χ4v) is 1.51. The van der Waals surface area contributed by atoms with Gasteiger partial charge in [0.15, 0.2) is 0 Å². The summed E-state index contributed by atoms with van der Waals surface area (Å²) in [5, 5.41) is 2.90. The Balaban J connectivity index is 2.47. The third-order valence-corrected chi connectivity index (χ3v) is 2.46. The number of H-pyrrole nitrogens is 1. The number of aryl methyl sites for hydroxylation is 1. The number of carbonyl (C=O) groups excluding carboxylic acids is 1. The largest absolute Gasteiger partial charge is 0.368 e. The van der Waals surface area contributed by atoms with Gasteiger partial charge in [-0.3, -0.25) is 4.79 Å². The van der Waals surface area contributed by atoms with Crippen LogP contribution in [0.25, 0.3) is 0 Å². The number of aromatic nitrogens is 1. The first-order valence-electron chi connectivity index (χ1n) is 4.58. The highest BCUT2D eigenvalue weighted by Crippen LogP contribution is 2.13. The van der Waals surface area contributed by atoms with Crippen LogP contribution in [0.15, 0.2) is 33.6 Å². The minimum absolute atomic E-state index is 0.0299. The molecule has 4 nitrogen and oxygen atoms in total. The molecule has 2 rings (SSSR count). The van der Waals surface area contributed by atoms with E-state index in [0.717, 1.165) is 0 Å². The van der Waals surface area contributed by atoms with E-state index < -0.39 is 5.63 Å². The molecule has 0 atom stereocenters. The molecule has 2 aromatic rings. The van der Waals surface area contributed by atoms with Crippen molar-refractivity contribution in [3.8, 4) is 0 Å². The van der Waals surface area contributed by atoms with Crippen molar-refractivity contribution in [1.29, 1.82) is 0 Å². The number of nitrogens with one attached hydrogen (secondary N) is 1. The summed E-state index contributed by atoms with van der Waals surface area (Å²) in [5.41, 5.74) is 0.198. The van der Waals surface area contributed by atoms with Gasteiger partial charge in [-0.1, -0.05) is 11.6 Å². The van der Waals surface area contributed by atoms with Gasteiger partial charge in [0.25, 0.3) is 0 Å². The van der Waals surface area contributed by atoms with Crippen LogP contribution in [0, 0.1) is 6.92 Å². The summed E-state index contributed by atoms with van der Waals surface area (Å²) in [6.45, 7) is 1.61. The number of carbonyl (C=O) groups is 1. The lowest BCUT2D eigenvalue weighted by Gasteiger charge is -1.97. The average Bonchev–Trinajstić information content (AvgIpc) is 2.59. The number of hydrogen-bond donors (Lipinski definition) is 1. The van der Waals surface area contributed by atoms with Crippen LogP contribution in [0.1, 0.15) is 21.6 Å². The molecule has 0 saturated carbocycles. The molecular weight excluding hydrogens is 230 g/mol. The zero-order valence-corrected chi connectivity index (χ0v) is 9.17. The van der Waals surface area contributed by atoms with E-state index in [0.29, 0.717) is 16.3 Å². The van der Waals surface area contributed by atoms with Crippen molar-refractivity contribution in [1.82, 2.24) is 5.16 Å². The van der Waals surface area contributed by atoms with E-state index in [1.54, 1.807) is 31.2 Å². The monoisotopic (exact) mass is 237 g/mol. The first-order chi connectivity index (χ1) is 7.59. The van der Waals surface area contributed by atoms with Crippen molar-refractivity contribution in [2.24, 2.45) is 0 Å². The van der Waals surface area contributed by atoms with E-state index in [1.165, 1.54) is 0 Å². The summed E-state index contributed by atoms with van der Waals surface area (Å²) in [5.74, 6) is -0.371. The first-order valence-corrected chi connectivity index (χ1v) is 4.95.